The maximum absolute atomic E-state index is 10.6. The third-order valence-corrected chi connectivity index (χ3v) is 2.14. The third kappa shape index (κ3) is 2.54. The molecule has 0 aromatic carbocycles. The van der Waals surface area contributed by atoms with Crippen molar-refractivity contribution in [3.63, 3.8) is 0 Å². The van der Waals surface area contributed by atoms with Crippen LogP contribution in [-0.2, 0) is 0 Å². The zero-order valence-corrected chi connectivity index (χ0v) is 9.08. The third-order valence-electron chi connectivity index (χ3n) is 2.14. The van der Waals surface area contributed by atoms with E-state index in [1.807, 2.05) is 13.0 Å². The first-order chi connectivity index (χ1) is 8.16. The number of carboxylic acids is 1. The highest BCUT2D eigenvalue weighted by atomic mass is 16.4. The van der Waals surface area contributed by atoms with Crippen LogP contribution in [0.1, 0.15) is 16.2 Å². The molecule has 6 heteroatoms. The Morgan fingerprint density at radius 1 is 1.29 bits per heavy atom. The predicted octanol–water partition coefficient (Wildman–Crippen LogP) is 1.62. The molecule has 2 rings (SSSR count). The fourth-order valence-electron chi connectivity index (χ4n) is 1.26. The molecule has 0 saturated carbocycles. The first-order valence-electron chi connectivity index (χ1n) is 4.91. The van der Waals surface area contributed by atoms with Crippen LogP contribution in [0.3, 0.4) is 0 Å². The van der Waals surface area contributed by atoms with Crippen LogP contribution in [0.4, 0.5) is 11.5 Å². The molecule has 0 radical (unpaired) electrons. The summed E-state index contributed by atoms with van der Waals surface area (Å²) in [5.74, 6) is -0.618. The van der Waals surface area contributed by atoms with Crippen molar-refractivity contribution < 1.29 is 9.90 Å². The number of aryl methyl sites for hydroxylation is 1. The summed E-state index contributed by atoms with van der Waals surface area (Å²) in [6.07, 6.45) is 4.27. The fraction of sp³-hybridized carbons (Fsp3) is 0.0909. The Morgan fingerprint density at radius 3 is 2.71 bits per heavy atom. The lowest BCUT2D eigenvalue weighted by Crippen LogP contribution is -2.03. The van der Waals surface area contributed by atoms with Crippen LogP contribution >= 0.6 is 0 Å². The summed E-state index contributed by atoms with van der Waals surface area (Å²) < 4.78 is 0. The van der Waals surface area contributed by atoms with Crippen LogP contribution in [0.5, 0.6) is 0 Å². The molecule has 17 heavy (non-hydrogen) atoms. The second-order valence-electron chi connectivity index (χ2n) is 3.35. The lowest BCUT2D eigenvalue weighted by molar-refractivity contribution is 0.0690. The van der Waals surface area contributed by atoms with Crippen molar-refractivity contribution in [1.82, 2.24) is 15.0 Å². The van der Waals surface area contributed by atoms with Gasteiger partial charge in [0.15, 0.2) is 5.69 Å². The van der Waals surface area contributed by atoms with Gasteiger partial charge in [0.2, 0.25) is 0 Å². The van der Waals surface area contributed by atoms with Gasteiger partial charge >= 0.3 is 5.97 Å². The van der Waals surface area contributed by atoms with E-state index in [-0.39, 0.29) is 5.69 Å². The number of aromatic carboxylic acids is 1. The number of nitrogens with one attached hydrogen (secondary N) is 1. The van der Waals surface area contributed by atoms with E-state index in [0.29, 0.717) is 5.82 Å². The molecular weight excluding hydrogens is 220 g/mol. The molecule has 0 aliphatic rings. The Hall–Kier alpha value is -2.50. The van der Waals surface area contributed by atoms with Gasteiger partial charge in [-0.15, -0.1) is 0 Å². The highest BCUT2D eigenvalue weighted by molar-refractivity contribution is 5.85. The van der Waals surface area contributed by atoms with E-state index >= 15 is 0 Å². The van der Waals surface area contributed by atoms with Crippen LogP contribution in [-0.4, -0.2) is 26.0 Å². The molecule has 0 spiro atoms. The van der Waals surface area contributed by atoms with Crippen LogP contribution in [0.15, 0.2) is 30.7 Å². The molecule has 0 fully saturated rings. The molecule has 0 amide bonds. The summed E-state index contributed by atoms with van der Waals surface area (Å²) in [4.78, 5) is 22.4. The molecule has 0 bridgehead atoms. The van der Waals surface area contributed by atoms with Gasteiger partial charge in [0.05, 0.1) is 23.8 Å². The standard InChI is InChI=1S/C11H10N4O2/c1-7-8(3-2-4-12-7)15-10-6-13-9(5-14-10)11(16)17/h2-6H,1H3,(H,14,15)(H,16,17). The molecule has 0 atom stereocenters. The minimum Gasteiger partial charge on any atom is -0.476 e. The van der Waals surface area contributed by atoms with Gasteiger partial charge in [-0.25, -0.2) is 14.8 Å². The van der Waals surface area contributed by atoms with E-state index in [2.05, 4.69) is 20.3 Å². The molecule has 86 valence electrons. The van der Waals surface area contributed by atoms with Gasteiger partial charge in [-0.05, 0) is 19.1 Å². The Balaban J connectivity index is 2.20. The SMILES string of the molecule is Cc1ncccc1Nc1cnc(C(=O)O)cn1. The van der Waals surface area contributed by atoms with E-state index in [4.69, 9.17) is 5.11 Å². The minimum absolute atomic E-state index is 0.0848. The average molecular weight is 230 g/mol. The van der Waals surface area contributed by atoms with Crippen molar-refractivity contribution in [3.05, 3.63) is 42.1 Å². The van der Waals surface area contributed by atoms with Crippen molar-refractivity contribution >= 4 is 17.5 Å². The van der Waals surface area contributed by atoms with E-state index in [1.54, 1.807) is 12.3 Å². The summed E-state index contributed by atoms with van der Waals surface area (Å²) in [7, 11) is 0. The number of aromatic nitrogens is 3. The molecule has 0 aliphatic carbocycles. The maximum Gasteiger partial charge on any atom is 0.356 e. The Morgan fingerprint density at radius 2 is 2.12 bits per heavy atom. The minimum atomic E-state index is -1.10. The maximum atomic E-state index is 10.6. The lowest BCUT2D eigenvalue weighted by Gasteiger charge is -2.06. The van der Waals surface area contributed by atoms with Crippen LogP contribution in [0, 0.1) is 6.92 Å². The Labute approximate surface area is 97.4 Å². The first-order valence-corrected chi connectivity index (χ1v) is 4.91. The molecular formula is C11H10N4O2. The first kappa shape index (κ1) is 11.0. The van der Waals surface area contributed by atoms with Crippen molar-refractivity contribution in [3.8, 4) is 0 Å². The molecule has 2 heterocycles. The largest absolute Gasteiger partial charge is 0.476 e. The summed E-state index contributed by atoms with van der Waals surface area (Å²) in [6.45, 7) is 1.86. The summed E-state index contributed by atoms with van der Waals surface area (Å²) >= 11 is 0. The highest BCUT2D eigenvalue weighted by Gasteiger charge is 2.05. The van der Waals surface area contributed by atoms with Gasteiger partial charge in [0, 0.05) is 6.20 Å². The van der Waals surface area contributed by atoms with E-state index in [1.165, 1.54) is 12.4 Å². The van der Waals surface area contributed by atoms with Crippen molar-refractivity contribution in [1.29, 1.82) is 0 Å². The Kier molecular flexibility index (Phi) is 2.95. The summed E-state index contributed by atoms with van der Waals surface area (Å²) in [6, 6.07) is 3.66. The van der Waals surface area contributed by atoms with Gasteiger partial charge in [-0.1, -0.05) is 0 Å². The average Bonchev–Trinajstić information content (AvgIpc) is 2.33. The lowest BCUT2D eigenvalue weighted by atomic mass is 10.3. The van der Waals surface area contributed by atoms with Crippen molar-refractivity contribution in [2.75, 3.05) is 5.32 Å². The van der Waals surface area contributed by atoms with Gasteiger partial charge in [0.25, 0.3) is 0 Å². The van der Waals surface area contributed by atoms with Gasteiger partial charge in [-0.2, -0.15) is 0 Å². The normalized spacial score (nSPS) is 9.94. The second-order valence-corrected chi connectivity index (χ2v) is 3.35. The topological polar surface area (TPSA) is 88.0 Å². The Bertz CT molecular complexity index is 539. The summed E-state index contributed by atoms with van der Waals surface area (Å²) in [5, 5.41) is 11.7. The molecule has 2 aromatic heterocycles. The quantitative estimate of drug-likeness (QED) is 0.833. The van der Waals surface area contributed by atoms with Crippen LogP contribution in [0.25, 0.3) is 0 Å². The monoisotopic (exact) mass is 230 g/mol. The highest BCUT2D eigenvalue weighted by Crippen LogP contribution is 2.15. The second kappa shape index (κ2) is 4.56. The number of nitrogens with zero attached hydrogens (tertiary/aromatic N) is 3. The van der Waals surface area contributed by atoms with Crippen LogP contribution < -0.4 is 5.32 Å². The van der Waals surface area contributed by atoms with Crippen molar-refractivity contribution in [2.24, 2.45) is 0 Å². The zero-order chi connectivity index (χ0) is 12.3. The van der Waals surface area contributed by atoms with Gasteiger partial charge < -0.3 is 10.4 Å². The van der Waals surface area contributed by atoms with E-state index in [9.17, 15) is 4.79 Å². The molecule has 2 aromatic rings. The van der Waals surface area contributed by atoms with Crippen molar-refractivity contribution in [2.45, 2.75) is 6.92 Å². The van der Waals surface area contributed by atoms with Gasteiger partial charge in [-0.3, -0.25) is 4.98 Å². The number of carboxylic acid groups (broad SMARTS) is 1. The predicted molar refractivity (Wildman–Crippen MR) is 61.2 cm³/mol. The number of hydrogen-bond donors (Lipinski definition) is 2. The molecule has 2 N–H and O–H groups in total. The molecule has 0 unspecified atom stereocenters. The molecule has 0 saturated heterocycles. The number of pyridine rings is 1. The smallest absolute Gasteiger partial charge is 0.356 e. The van der Waals surface area contributed by atoms with Gasteiger partial charge in [0.1, 0.15) is 5.82 Å². The van der Waals surface area contributed by atoms with E-state index in [0.717, 1.165) is 11.4 Å². The molecule has 0 aliphatic heterocycles. The zero-order valence-electron chi connectivity index (χ0n) is 9.08. The fourth-order valence-corrected chi connectivity index (χ4v) is 1.26. The van der Waals surface area contributed by atoms with Crippen LogP contribution in [0.2, 0.25) is 0 Å². The summed E-state index contributed by atoms with van der Waals surface area (Å²) in [5.41, 5.74) is 1.56. The number of rotatable bonds is 3. The van der Waals surface area contributed by atoms with E-state index < -0.39 is 5.97 Å². The molecule has 6 nitrogen and oxygen atoms in total. The number of hydrogen-bond acceptors (Lipinski definition) is 5. The number of carbonyl (C=O) groups is 1. The number of anilines is 2.